The molecule has 0 aliphatic carbocycles. The third-order valence-corrected chi connectivity index (χ3v) is 3.20. The second-order valence-electron chi connectivity index (χ2n) is 6.21. The highest BCUT2D eigenvalue weighted by Crippen LogP contribution is 2.13. The molecule has 0 aliphatic heterocycles. The standard InChI is InChI=1S/C16H33NO2/c1-13(2)7-6-8-14(3)9-10-17(11-15(4)18)12-16(5)19/h7,14-16,18-19H,6,8-12H2,1-5H3/t14-,15+,16+/m1/s1. The van der Waals surface area contributed by atoms with Crippen molar-refractivity contribution in [3.63, 3.8) is 0 Å². The van der Waals surface area contributed by atoms with Crippen molar-refractivity contribution in [1.29, 1.82) is 0 Å². The van der Waals surface area contributed by atoms with Gasteiger partial charge in [0.15, 0.2) is 0 Å². The van der Waals surface area contributed by atoms with Crippen LogP contribution in [0.1, 0.15) is 53.9 Å². The van der Waals surface area contributed by atoms with Gasteiger partial charge in [-0.15, -0.1) is 0 Å². The van der Waals surface area contributed by atoms with E-state index in [9.17, 15) is 10.2 Å². The number of aliphatic hydroxyl groups excluding tert-OH is 2. The fraction of sp³-hybridized carbons (Fsp3) is 0.875. The molecule has 0 amide bonds. The van der Waals surface area contributed by atoms with Crippen LogP contribution in [0.3, 0.4) is 0 Å². The summed E-state index contributed by atoms with van der Waals surface area (Å²) in [7, 11) is 0. The Labute approximate surface area is 119 Å². The fourth-order valence-electron chi connectivity index (χ4n) is 2.21. The zero-order valence-electron chi connectivity index (χ0n) is 13.4. The quantitative estimate of drug-likeness (QED) is 0.601. The van der Waals surface area contributed by atoms with Gasteiger partial charge in [-0.2, -0.15) is 0 Å². The predicted molar refractivity (Wildman–Crippen MR) is 82.2 cm³/mol. The van der Waals surface area contributed by atoms with Crippen LogP contribution in [0.2, 0.25) is 0 Å². The minimum absolute atomic E-state index is 0.334. The molecule has 0 aromatic heterocycles. The van der Waals surface area contributed by atoms with Crippen molar-refractivity contribution in [1.82, 2.24) is 4.90 Å². The normalized spacial score (nSPS) is 16.2. The molecule has 0 bridgehead atoms. The van der Waals surface area contributed by atoms with E-state index in [4.69, 9.17) is 0 Å². The van der Waals surface area contributed by atoms with Crippen molar-refractivity contribution in [2.75, 3.05) is 19.6 Å². The Kier molecular flexibility index (Phi) is 10.2. The zero-order valence-corrected chi connectivity index (χ0v) is 13.4. The van der Waals surface area contributed by atoms with E-state index in [1.54, 1.807) is 13.8 Å². The summed E-state index contributed by atoms with van der Waals surface area (Å²) in [6.07, 6.45) is 5.11. The highest BCUT2D eigenvalue weighted by atomic mass is 16.3. The summed E-state index contributed by atoms with van der Waals surface area (Å²) in [4.78, 5) is 2.16. The third-order valence-electron chi connectivity index (χ3n) is 3.20. The zero-order chi connectivity index (χ0) is 14.8. The molecule has 2 N–H and O–H groups in total. The van der Waals surface area contributed by atoms with Gasteiger partial charge in [0, 0.05) is 13.1 Å². The summed E-state index contributed by atoms with van der Waals surface area (Å²) in [5.41, 5.74) is 1.39. The smallest absolute Gasteiger partial charge is 0.0639 e. The van der Waals surface area contributed by atoms with Gasteiger partial charge in [0.1, 0.15) is 0 Å². The number of hydrogen-bond donors (Lipinski definition) is 2. The van der Waals surface area contributed by atoms with Crippen LogP contribution in [-0.2, 0) is 0 Å². The lowest BCUT2D eigenvalue weighted by atomic mass is 10.0. The number of aliphatic hydroxyl groups is 2. The molecule has 3 atom stereocenters. The Morgan fingerprint density at radius 1 is 1.00 bits per heavy atom. The molecule has 0 saturated heterocycles. The van der Waals surface area contributed by atoms with Gasteiger partial charge in [-0.05, 0) is 59.4 Å². The summed E-state index contributed by atoms with van der Waals surface area (Å²) in [6, 6.07) is 0. The highest BCUT2D eigenvalue weighted by molar-refractivity contribution is 4.92. The second-order valence-corrected chi connectivity index (χ2v) is 6.21. The van der Waals surface area contributed by atoms with Crippen LogP contribution in [-0.4, -0.2) is 47.0 Å². The van der Waals surface area contributed by atoms with Crippen molar-refractivity contribution in [2.45, 2.75) is 66.1 Å². The van der Waals surface area contributed by atoms with Crippen LogP contribution >= 0.6 is 0 Å². The van der Waals surface area contributed by atoms with E-state index in [1.165, 1.54) is 12.0 Å². The first kappa shape index (κ1) is 18.6. The Hall–Kier alpha value is -0.380. The topological polar surface area (TPSA) is 43.7 Å². The van der Waals surface area contributed by atoms with Gasteiger partial charge in [0.2, 0.25) is 0 Å². The molecule has 3 heteroatoms. The molecule has 0 heterocycles. The predicted octanol–water partition coefficient (Wildman–Crippen LogP) is 2.82. The van der Waals surface area contributed by atoms with E-state index in [-0.39, 0.29) is 12.2 Å². The molecule has 114 valence electrons. The van der Waals surface area contributed by atoms with Gasteiger partial charge >= 0.3 is 0 Å². The van der Waals surface area contributed by atoms with E-state index in [0.717, 1.165) is 19.4 Å². The summed E-state index contributed by atoms with van der Waals surface area (Å²) < 4.78 is 0. The van der Waals surface area contributed by atoms with Gasteiger partial charge in [-0.3, -0.25) is 4.90 Å². The van der Waals surface area contributed by atoms with Gasteiger partial charge in [-0.1, -0.05) is 18.6 Å². The molecule has 0 aromatic carbocycles. The van der Waals surface area contributed by atoms with Crippen molar-refractivity contribution in [2.24, 2.45) is 5.92 Å². The Morgan fingerprint density at radius 3 is 1.95 bits per heavy atom. The molecule has 0 rings (SSSR count). The van der Waals surface area contributed by atoms with E-state index in [0.29, 0.717) is 19.0 Å². The molecule has 0 unspecified atom stereocenters. The summed E-state index contributed by atoms with van der Waals surface area (Å²) in [5, 5.41) is 18.9. The fourth-order valence-corrected chi connectivity index (χ4v) is 2.21. The number of nitrogens with zero attached hydrogens (tertiary/aromatic N) is 1. The molecule has 0 saturated carbocycles. The van der Waals surface area contributed by atoms with Gasteiger partial charge < -0.3 is 10.2 Å². The number of hydrogen-bond acceptors (Lipinski definition) is 3. The molecular weight excluding hydrogens is 238 g/mol. The van der Waals surface area contributed by atoms with Gasteiger partial charge in [0.25, 0.3) is 0 Å². The average Bonchev–Trinajstić information content (AvgIpc) is 2.23. The van der Waals surface area contributed by atoms with E-state index in [2.05, 4.69) is 31.7 Å². The largest absolute Gasteiger partial charge is 0.392 e. The second kappa shape index (κ2) is 10.4. The van der Waals surface area contributed by atoms with E-state index < -0.39 is 0 Å². The van der Waals surface area contributed by atoms with Crippen molar-refractivity contribution >= 4 is 0 Å². The molecule has 0 fully saturated rings. The SMILES string of the molecule is CC(C)=CCC[C@@H](C)CCN(C[C@H](C)O)C[C@H](C)O. The first-order chi connectivity index (χ1) is 8.81. The molecule has 19 heavy (non-hydrogen) atoms. The molecule has 0 spiro atoms. The van der Waals surface area contributed by atoms with Crippen LogP contribution in [0.25, 0.3) is 0 Å². The lowest BCUT2D eigenvalue weighted by Crippen LogP contribution is -2.37. The highest BCUT2D eigenvalue weighted by Gasteiger charge is 2.12. The summed E-state index contributed by atoms with van der Waals surface area (Å²) in [6.45, 7) is 12.4. The monoisotopic (exact) mass is 271 g/mol. The Balaban J connectivity index is 3.97. The third kappa shape index (κ3) is 12.4. The van der Waals surface area contributed by atoms with Gasteiger partial charge in [-0.25, -0.2) is 0 Å². The van der Waals surface area contributed by atoms with Gasteiger partial charge in [0.05, 0.1) is 12.2 Å². The minimum Gasteiger partial charge on any atom is -0.392 e. The van der Waals surface area contributed by atoms with Crippen LogP contribution in [0.5, 0.6) is 0 Å². The molecule has 0 aromatic rings. The maximum Gasteiger partial charge on any atom is 0.0639 e. The average molecular weight is 271 g/mol. The Morgan fingerprint density at radius 2 is 1.53 bits per heavy atom. The van der Waals surface area contributed by atoms with Crippen LogP contribution in [0.4, 0.5) is 0 Å². The summed E-state index contributed by atoms with van der Waals surface area (Å²) in [5.74, 6) is 0.682. The van der Waals surface area contributed by atoms with Crippen LogP contribution in [0.15, 0.2) is 11.6 Å². The first-order valence-electron chi connectivity index (χ1n) is 7.53. The first-order valence-corrected chi connectivity index (χ1v) is 7.53. The molecule has 3 nitrogen and oxygen atoms in total. The maximum absolute atomic E-state index is 9.47. The van der Waals surface area contributed by atoms with E-state index in [1.807, 2.05) is 0 Å². The minimum atomic E-state index is -0.334. The number of rotatable bonds is 10. The lowest BCUT2D eigenvalue weighted by Gasteiger charge is -2.26. The van der Waals surface area contributed by atoms with Crippen molar-refractivity contribution in [3.05, 3.63) is 11.6 Å². The van der Waals surface area contributed by atoms with Crippen LogP contribution < -0.4 is 0 Å². The summed E-state index contributed by atoms with van der Waals surface area (Å²) >= 11 is 0. The van der Waals surface area contributed by atoms with Crippen molar-refractivity contribution < 1.29 is 10.2 Å². The Bertz CT molecular complexity index is 235. The van der Waals surface area contributed by atoms with Crippen LogP contribution in [0, 0.1) is 5.92 Å². The lowest BCUT2D eigenvalue weighted by molar-refractivity contribution is 0.0802. The molecule has 0 radical (unpaired) electrons. The van der Waals surface area contributed by atoms with E-state index >= 15 is 0 Å². The van der Waals surface area contributed by atoms with Crippen molar-refractivity contribution in [3.8, 4) is 0 Å². The maximum atomic E-state index is 9.47. The molecule has 0 aliphatic rings. The number of allylic oxidation sites excluding steroid dienone is 2. The molecular formula is C16H33NO2.